The molecule has 0 spiro atoms. The monoisotopic (exact) mass is 426 g/mol. The van der Waals surface area contributed by atoms with Gasteiger partial charge in [-0.3, -0.25) is 24.3 Å². The highest BCUT2D eigenvalue weighted by Gasteiger charge is 2.17. The van der Waals surface area contributed by atoms with Crippen molar-refractivity contribution in [2.24, 2.45) is 0 Å². The Morgan fingerprint density at radius 1 is 1.26 bits per heavy atom. The molecule has 31 heavy (non-hydrogen) atoms. The van der Waals surface area contributed by atoms with Crippen LogP contribution in [-0.4, -0.2) is 36.7 Å². The number of rotatable bonds is 7. The van der Waals surface area contributed by atoms with Gasteiger partial charge in [-0.1, -0.05) is 18.2 Å². The third kappa shape index (κ3) is 4.03. The summed E-state index contributed by atoms with van der Waals surface area (Å²) < 4.78 is 21.4. The number of halogens is 1. The van der Waals surface area contributed by atoms with Crippen LogP contribution in [0, 0.1) is 15.9 Å². The Hall–Kier alpha value is -4.35. The first-order chi connectivity index (χ1) is 14.9. The van der Waals surface area contributed by atoms with Gasteiger partial charge in [0, 0.05) is 12.1 Å². The Kier molecular flexibility index (Phi) is 5.26. The third-order valence-electron chi connectivity index (χ3n) is 4.53. The minimum Gasteiger partial charge on any atom is -0.395 e. The van der Waals surface area contributed by atoms with E-state index in [1.807, 2.05) is 0 Å². The summed E-state index contributed by atoms with van der Waals surface area (Å²) in [6.07, 6.45) is 2.68. The van der Waals surface area contributed by atoms with E-state index < -0.39 is 22.5 Å². The molecule has 0 fully saturated rings. The molecule has 4 aromatic rings. The molecule has 0 aliphatic heterocycles. The summed E-state index contributed by atoms with van der Waals surface area (Å²) in [6, 6.07) is 8.45. The van der Waals surface area contributed by atoms with Gasteiger partial charge in [-0.05, 0) is 12.1 Å². The summed E-state index contributed by atoms with van der Waals surface area (Å²) in [7, 11) is 0. The zero-order valence-corrected chi connectivity index (χ0v) is 15.9. The van der Waals surface area contributed by atoms with Crippen LogP contribution in [0.4, 0.5) is 10.3 Å². The lowest BCUT2D eigenvalue weighted by Crippen LogP contribution is -2.27. The highest BCUT2D eigenvalue weighted by molar-refractivity contribution is 5.91. The van der Waals surface area contributed by atoms with E-state index in [0.29, 0.717) is 11.2 Å². The Balaban J connectivity index is 1.45. The normalized spacial score (nSPS) is 11.0. The number of hydrogen-bond acceptors (Lipinski definition) is 7. The number of nitrogens with zero attached hydrogens (tertiary/aromatic N) is 5. The maximum atomic E-state index is 13.9. The van der Waals surface area contributed by atoms with Crippen molar-refractivity contribution in [2.75, 3.05) is 6.54 Å². The van der Waals surface area contributed by atoms with Crippen molar-refractivity contribution in [3.8, 4) is 0 Å². The summed E-state index contributed by atoms with van der Waals surface area (Å²) in [5.41, 5.74) is 0.308. The van der Waals surface area contributed by atoms with Crippen LogP contribution in [0.5, 0.6) is 0 Å². The molecule has 3 heterocycles. The molecule has 0 saturated carbocycles. The zero-order valence-electron chi connectivity index (χ0n) is 15.9. The molecule has 0 saturated heterocycles. The predicted octanol–water partition coefficient (Wildman–Crippen LogP) is 1.71. The third-order valence-corrected chi connectivity index (χ3v) is 4.53. The van der Waals surface area contributed by atoms with E-state index in [0.717, 1.165) is 6.07 Å². The molecule has 1 amide bonds. The number of furan rings is 1. The number of hydrogen-bond donors (Lipinski definition) is 1. The fourth-order valence-corrected chi connectivity index (χ4v) is 2.99. The molecular weight excluding hydrogens is 411 g/mol. The second kappa shape index (κ2) is 8.18. The van der Waals surface area contributed by atoms with Crippen LogP contribution in [0.3, 0.4) is 0 Å². The van der Waals surface area contributed by atoms with Gasteiger partial charge in [-0.15, -0.1) is 0 Å². The van der Waals surface area contributed by atoms with Crippen molar-refractivity contribution in [3.05, 3.63) is 86.5 Å². The van der Waals surface area contributed by atoms with Gasteiger partial charge in [0.25, 0.3) is 11.5 Å². The number of nitrogens with one attached hydrogen (secondary N) is 1. The molecular formula is C19H15FN6O5. The maximum absolute atomic E-state index is 13.9. The second-order valence-corrected chi connectivity index (χ2v) is 6.52. The summed E-state index contributed by atoms with van der Waals surface area (Å²) >= 11 is 0. The number of benzene rings is 1. The van der Waals surface area contributed by atoms with Gasteiger partial charge in [0.05, 0.1) is 25.4 Å². The van der Waals surface area contributed by atoms with E-state index in [9.17, 15) is 24.1 Å². The topological polar surface area (TPSA) is 138 Å². The molecule has 12 heteroatoms. The maximum Gasteiger partial charge on any atom is 0.433 e. The minimum atomic E-state index is -0.739. The zero-order chi connectivity index (χ0) is 22.0. The van der Waals surface area contributed by atoms with Crippen molar-refractivity contribution < 1.29 is 18.5 Å². The summed E-state index contributed by atoms with van der Waals surface area (Å²) in [5.74, 6) is -1.75. The van der Waals surface area contributed by atoms with Crippen LogP contribution >= 0.6 is 0 Å². The van der Waals surface area contributed by atoms with Crippen molar-refractivity contribution in [1.82, 2.24) is 24.6 Å². The fourth-order valence-electron chi connectivity index (χ4n) is 2.99. The highest BCUT2D eigenvalue weighted by Crippen LogP contribution is 2.15. The smallest absolute Gasteiger partial charge is 0.395 e. The lowest BCUT2D eigenvalue weighted by atomic mass is 10.2. The molecule has 0 unspecified atom stereocenters. The van der Waals surface area contributed by atoms with Crippen molar-refractivity contribution in [2.45, 2.75) is 13.1 Å². The number of aromatic nitrogens is 4. The van der Waals surface area contributed by atoms with Gasteiger partial charge in [-0.25, -0.2) is 14.1 Å². The summed E-state index contributed by atoms with van der Waals surface area (Å²) in [5, 5.41) is 17.5. The molecule has 0 bridgehead atoms. The van der Waals surface area contributed by atoms with Gasteiger partial charge < -0.3 is 9.73 Å². The number of amides is 1. The van der Waals surface area contributed by atoms with E-state index in [2.05, 4.69) is 15.4 Å². The SMILES string of the molecule is O=C(NCCn1ncc2c(=O)n(Cc3ccccc3F)cnc21)c1ccc([N+](=O)[O-])o1. The van der Waals surface area contributed by atoms with Crippen LogP contribution in [-0.2, 0) is 13.1 Å². The van der Waals surface area contributed by atoms with Crippen molar-refractivity contribution in [3.63, 3.8) is 0 Å². The predicted molar refractivity (Wildman–Crippen MR) is 105 cm³/mol. The molecule has 0 aliphatic rings. The average molecular weight is 426 g/mol. The Labute approximate surface area is 172 Å². The number of fused-ring (bicyclic) bond motifs is 1. The quantitative estimate of drug-likeness (QED) is 0.351. The first-order valence-electron chi connectivity index (χ1n) is 9.11. The molecule has 1 aromatic carbocycles. The second-order valence-electron chi connectivity index (χ2n) is 6.52. The van der Waals surface area contributed by atoms with Gasteiger partial charge in [0.2, 0.25) is 0 Å². The molecule has 3 aromatic heterocycles. The van der Waals surface area contributed by atoms with E-state index in [1.54, 1.807) is 18.2 Å². The molecule has 0 atom stereocenters. The highest BCUT2D eigenvalue weighted by atomic mass is 19.1. The average Bonchev–Trinajstić information content (AvgIpc) is 3.40. The molecule has 0 radical (unpaired) electrons. The largest absolute Gasteiger partial charge is 0.433 e. The standard InChI is InChI=1S/C19H15FN6O5/c20-14-4-2-1-3-12(14)10-24-11-22-17-13(19(24)28)9-23-25(17)8-7-21-18(27)15-5-6-16(31-15)26(29)30/h1-6,9,11H,7-8,10H2,(H,21,27). The number of carbonyl (C=O) groups excluding carboxylic acids is 1. The van der Waals surface area contributed by atoms with Crippen molar-refractivity contribution >= 4 is 22.8 Å². The van der Waals surface area contributed by atoms with Gasteiger partial charge in [0.15, 0.2) is 11.4 Å². The molecule has 158 valence electrons. The van der Waals surface area contributed by atoms with Gasteiger partial charge >= 0.3 is 5.88 Å². The Morgan fingerprint density at radius 2 is 2.06 bits per heavy atom. The van der Waals surface area contributed by atoms with E-state index >= 15 is 0 Å². The van der Waals surface area contributed by atoms with E-state index in [1.165, 1.54) is 33.9 Å². The Morgan fingerprint density at radius 3 is 2.81 bits per heavy atom. The van der Waals surface area contributed by atoms with Crippen molar-refractivity contribution in [1.29, 1.82) is 0 Å². The molecule has 4 rings (SSSR count). The van der Waals surface area contributed by atoms with Gasteiger partial charge in [-0.2, -0.15) is 5.10 Å². The number of carbonyl (C=O) groups is 1. The van der Waals surface area contributed by atoms with E-state index in [4.69, 9.17) is 4.42 Å². The lowest BCUT2D eigenvalue weighted by molar-refractivity contribution is -0.402. The van der Waals surface area contributed by atoms with Crippen LogP contribution in [0.15, 0.2) is 58.1 Å². The first kappa shape index (κ1) is 19.9. The lowest BCUT2D eigenvalue weighted by Gasteiger charge is -2.07. The van der Waals surface area contributed by atoms with Crippen LogP contribution in [0.1, 0.15) is 16.1 Å². The molecule has 11 nitrogen and oxygen atoms in total. The van der Waals surface area contributed by atoms with Crippen LogP contribution in [0.2, 0.25) is 0 Å². The Bertz CT molecular complexity index is 1340. The molecule has 0 aliphatic carbocycles. The van der Waals surface area contributed by atoms with Gasteiger partial charge in [0.1, 0.15) is 22.5 Å². The summed E-state index contributed by atoms with van der Waals surface area (Å²) in [4.78, 5) is 38.8. The fraction of sp³-hybridized carbons (Fsp3) is 0.158. The van der Waals surface area contributed by atoms with Crippen LogP contribution in [0.25, 0.3) is 11.0 Å². The minimum absolute atomic E-state index is 0.0327. The molecule has 1 N–H and O–H groups in total. The van der Waals surface area contributed by atoms with E-state index in [-0.39, 0.29) is 36.3 Å². The number of nitro groups is 1. The first-order valence-corrected chi connectivity index (χ1v) is 9.11. The summed E-state index contributed by atoms with van der Waals surface area (Å²) in [6.45, 7) is 0.344. The van der Waals surface area contributed by atoms with Crippen LogP contribution < -0.4 is 10.9 Å².